The molecule has 1 fully saturated rings. The number of carbonyl (C=O) groups is 1. The van der Waals surface area contributed by atoms with E-state index in [0.717, 1.165) is 13.0 Å². The third kappa shape index (κ3) is 2.46. The molecule has 0 saturated carbocycles. The lowest BCUT2D eigenvalue weighted by atomic mass is 9.77. The molecule has 4 heteroatoms. The molecule has 1 aliphatic rings. The molecule has 1 aromatic rings. The molecule has 0 aliphatic carbocycles. The Labute approximate surface area is 117 Å². The van der Waals surface area contributed by atoms with Crippen LogP contribution in [0.2, 0.25) is 10.0 Å². The number of hydrogen-bond donors (Lipinski definition) is 1. The number of allylic oxidation sites excluding steroid dienone is 1. The number of Topliss-reactive ketones (excluding diaryl/α,β-unsaturated/α-hetero) is 1. The first kappa shape index (κ1) is 13.6. The minimum Gasteiger partial charge on any atom is -0.316 e. The van der Waals surface area contributed by atoms with Crippen LogP contribution in [0.25, 0.3) is 0 Å². The molecular weight excluding hydrogens is 269 g/mol. The smallest absolute Gasteiger partial charge is 0.170 e. The average Bonchev–Trinajstić information content (AvgIpc) is 2.82. The van der Waals surface area contributed by atoms with Crippen molar-refractivity contribution in [2.75, 3.05) is 13.1 Å². The second-order valence-corrected chi connectivity index (χ2v) is 5.47. The predicted octanol–water partition coefficient (Wildman–Crippen LogP) is 3.73. The summed E-state index contributed by atoms with van der Waals surface area (Å²) in [6.07, 6.45) is 3.32. The highest BCUT2D eigenvalue weighted by molar-refractivity contribution is 6.42. The van der Waals surface area contributed by atoms with Gasteiger partial charge < -0.3 is 5.32 Å². The molecule has 2 nitrogen and oxygen atoms in total. The Hall–Kier alpha value is -0.830. The predicted molar refractivity (Wildman–Crippen MR) is 75.5 cm³/mol. The highest BCUT2D eigenvalue weighted by Gasteiger charge is 2.40. The van der Waals surface area contributed by atoms with Gasteiger partial charge in [0.15, 0.2) is 5.78 Å². The third-order valence-electron chi connectivity index (χ3n) is 3.44. The second-order valence-electron chi connectivity index (χ2n) is 4.66. The molecule has 1 atom stereocenters. The number of benzene rings is 1. The summed E-state index contributed by atoms with van der Waals surface area (Å²) in [5.74, 6) is 0.117. The molecule has 1 heterocycles. The molecule has 1 saturated heterocycles. The van der Waals surface area contributed by atoms with E-state index in [1.807, 2.05) is 6.08 Å². The fourth-order valence-electron chi connectivity index (χ4n) is 2.42. The van der Waals surface area contributed by atoms with E-state index in [1.165, 1.54) is 0 Å². The summed E-state index contributed by atoms with van der Waals surface area (Å²) in [4.78, 5) is 12.6. The quantitative estimate of drug-likeness (QED) is 0.674. The van der Waals surface area contributed by atoms with Crippen molar-refractivity contribution in [1.82, 2.24) is 5.32 Å². The summed E-state index contributed by atoms with van der Waals surface area (Å²) in [6, 6.07) is 5.05. The van der Waals surface area contributed by atoms with Crippen LogP contribution in [0.15, 0.2) is 30.9 Å². The minimum absolute atomic E-state index is 0.117. The van der Waals surface area contributed by atoms with Crippen LogP contribution < -0.4 is 5.32 Å². The molecule has 1 N–H and O–H groups in total. The maximum Gasteiger partial charge on any atom is 0.170 e. The van der Waals surface area contributed by atoms with Crippen LogP contribution in [0.4, 0.5) is 0 Å². The fraction of sp³-hybridized carbons (Fsp3) is 0.357. The van der Waals surface area contributed by atoms with Gasteiger partial charge in [0.05, 0.1) is 15.5 Å². The topological polar surface area (TPSA) is 29.1 Å². The van der Waals surface area contributed by atoms with Crippen LogP contribution >= 0.6 is 23.2 Å². The number of rotatable bonds is 4. The highest BCUT2D eigenvalue weighted by Crippen LogP contribution is 2.35. The van der Waals surface area contributed by atoms with Gasteiger partial charge in [-0.25, -0.2) is 0 Å². The number of nitrogens with one attached hydrogen (secondary N) is 1. The van der Waals surface area contributed by atoms with Crippen molar-refractivity contribution in [2.24, 2.45) is 5.41 Å². The van der Waals surface area contributed by atoms with Crippen molar-refractivity contribution in [3.63, 3.8) is 0 Å². The minimum atomic E-state index is -0.376. The third-order valence-corrected chi connectivity index (χ3v) is 4.18. The maximum absolute atomic E-state index is 12.6. The summed E-state index contributed by atoms with van der Waals surface area (Å²) >= 11 is 11.8. The Morgan fingerprint density at radius 2 is 2.22 bits per heavy atom. The first-order valence-electron chi connectivity index (χ1n) is 5.90. The summed E-state index contributed by atoms with van der Waals surface area (Å²) < 4.78 is 0. The van der Waals surface area contributed by atoms with E-state index in [4.69, 9.17) is 23.2 Å². The molecule has 96 valence electrons. The molecular formula is C14H15Cl2NO. The van der Waals surface area contributed by atoms with Crippen LogP contribution in [-0.2, 0) is 0 Å². The monoisotopic (exact) mass is 283 g/mol. The average molecular weight is 284 g/mol. The van der Waals surface area contributed by atoms with E-state index in [2.05, 4.69) is 11.9 Å². The van der Waals surface area contributed by atoms with Crippen molar-refractivity contribution in [2.45, 2.75) is 12.8 Å². The zero-order valence-corrected chi connectivity index (χ0v) is 11.5. The lowest BCUT2D eigenvalue weighted by molar-refractivity contribution is 0.0819. The van der Waals surface area contributed by atoms with Gasteiger partial charge in [0.25, 0.3) is 0 Å². The Balaban J connectivity index is 2.33. The first-order chi connectivity index (χ1) is 8.59. The van der Waals surface area contributed by atoms with Crippen LogP contribution in [0, 0.1) is 5.41 Å². The number of halogens is 2. The van der Waals surface area contributed by atoms with Crippen LogP contribution in [0.1, 0.15) is 23.2 Å². The van der Waals surface area contributed by atoms with Gasteiger partial charge >= 0.3 is 0 Å². The van der Waals surface area contributed by atoms with Crippen LogP contribution in [0.5, 0.6) is 0 Å². The molecule has 1 aliphatic heterocycles. The van der Waals surface area contributed by atoms with E-state index in [9.17, 15) is 4.79 Å². The Morgan fingerprint density at radius 3 is 2.78 bits per heavy atom. The normalized spacial score (nSPS) is 23.0. The van der Waals surface area contributed by atoms with Crippen LogP contribution in [0.3, 0.4) is 0 Å². The van der Waals surface area contributed by atoms with Crippen molar-refractivity contribution >= 4 is 29.0 Å². The molecule has 0 amide bonds. The molecule has 0 unspecified atom stereocenters. The zero-order chi connectivity index (χ0) is 13.2. The van der Waals surface area contributed by atoms with Gasteiger partial charge in [-0.2, -0.15) is 0 Å². The second kappa shape index (κ2) is 5.43. The van der Waals surface area contributed by atoms with Gasteiger partial charge in [-0.15, -0.1) is 6.58 Å². The lowest BCUT2D eigenvalue weighted by Crippen LogP contribution is -2.33. The Kier molecular flexibility index (Phi) is 4.10. The van der Waals surface area contributed by atoms with Crippen molar-refractivity contribution in [3.05, 3.63) is 46.5 Å². The molecule has 0 radical (unpaired) electrons. The standard InChI is InChI=1S/C14H15Cl2NO/c1-2-5-14(6-7-17-9-14)13(18)10-3-4-11(15)12(16)8-10/h2-4,8,17H,1,5-7,9H2/t14-/m0/s1. The first-order valence-corrected chi connectivity index (χ1v) is 6.66. The molecule has 1 aromatic carbocycles. The highest BCUT2D eigenvalue weighted by atomic mass is 35.5. The largest absolute Gasteiger partial charge is 0.316 e. The molecule has 18 heavy (non-hydrogen) atoms. The molecule has 2 rings (SSSR count). The summed E-state index contributed by atoms with van der Waals surface area (Å²) in [5, 5.41) is 4.13. The lowest BCUT2D eigenvalue weighted by Gasteiger charge is -2.25. The number of carbonyl (C=O) groups excluding carboxylic acids is 1. The van der Waals surface area contributed by atoms with Gasteiger partial charge in [0.2, 0.25) is 0 Å². The van der Waals surface area contributed by atoms with E-state index in [-0.39, 0.29) is 11.2 Å². The van der Waals surface area contributed by atoms with E-state index >= 15 is 0 Å². The van der Waals surface area contributed by atoms with E-state index in [0.29, 0.717) is 28.6 Å². The molecule has 0 bridgehead atoms. The van der Waals surface area contributed by atoms with Crippen molar-refractivity contribution in [3.8, 4) is 0 Å². The molecule has 0 aromatic heterocycles. The maximum atomic E-state index is 12.6. The van der Waals surface area contributed by atoms with Gasteiger partial charge in [0, 0.05) is 12.1 Å². The fourth-order valence-corrected chi connectivity index (χ4v) is 2.72. The Bertz CT molecular complexity index is 479. The van der Waals surface area contributed by atoms with Gasteiger partial charge in [-0.1, -0.05) is 29.3 Å². The van der Waals surface area contributed by atoms with Crippen molar-refractivity contribution < 1.29 is 4.79 Å². The number of hydrogen-bond acceptors (Lipinski definition) is 2. The van der Waals surface area contributed by atoms with Crippen LogP contribution in [-0.4, -0.2) is 18.9 Å². The molecule has 0 spiro atoms. The summed E-state index contributed by atoms with van der Waals surface area (Å²) in [5.41, 5.74) is 0.244. The van der Waals surface area contributed by atoms with Gasteiger partial charge in [-0.3, -0.25) is 4.79 Å². The number of ketones is 1. The summed E-state index contributed by atoms with van der Waals surface area (Å²) in [7, 11) is 0. The van der Waals surface area contributed by atoms with Gasteiger partial charge in [-0.05, 0) is 37.6 Å². The summed E-state index contributed by atoms with van der Waals surface area (Å²) in [6.45, 7) is 5.30. The van der Waals surface area contributed by atoms with Crippen molar-refractivity contribution in [1.29, 1.82) is 0 Å². The van der Waals surface area contributed by atoms with E-state index in [1.54, 1.807) is 18.2 Å². The SMILES string of the molecule is C=CC[C@]1(C(=O)c2ccc(Cl)c(Cl)c2)CCNC1. The zero-order valence-electron chi connectivity index (χ0n) is 10.0. The van der Waals surface area contributed by atoms with Gasteiger partial charge in [0.1, 0.15) is 0 Å². The van der Waals surface area contributed by atoms with E-state index < -0.39 is 0 Å². The Morgan fingerprint density at radius 1 is 1.44 bits per heavy atom.